The summed E-state index contributed by atoms with van der Waals surface area (Å²) in [4.78, 5) is 12.8. The van der Waals surface area contributed by atoms with Crippen molar-refractivity contribution < 1.29 is 9.90 Å². The van der Waals surface area contributed by atoms with Crippen molar-refractivity contribution >= 4 is 5.97 Å². The molecule has 2 N–H and O–H groups in total. The van der Waals surface area contributed by atoms with Crippen LogP contribution in [0.2, 0.25) is 0 Å². The smallest absolute Gasteiger partial charge is 0.335 e. The standard InChI is InChI=1S/C12H18N2O2/c1-14(2)7-6-13-9-10-4-3-5-11(8-10)12(15)16/h3-5,8,13H,6-7,9H2,1-2H3,(H,15,16). The Morgan fingerprint density at radius 1 is 1.44 bits per heavy atom. The van der Waals surface area contributed by atoms with E-state index in [9.17, 15) is 4.79 Å². The van der Waals surface area contributed by atoms with E-state index < -0.39 is 5.97 Å². The Morgan fingerprint density at radius 3 is 2.81 bits per heavy atom. The van der Waals surface area contributed by atoms with E-state index in [-0.39, 0.29) is 0 Å². The summed E-state index contributed by atoms with van der Waals surface area (Å²) < 4.78 is 0. The summed E-state index contributed by atoms with van der Waals surface area (Å²) in [6, 6.07) is 7.00. The minimum atomic E-state index is -0.879. The van der Waals surface area contributed by atoms with Gasteiger partial charge in [0.15, 0.2) is 0 Å². The number of nitrogens with one attached hydrogen (secondary N) is 1. The molecule has 0 amide bonds. The van der Waals surface area contributed by atoms with Gasteiger partial charge in [0.05, 0.1) is 5.56 Å². The van der Waals surface area contributed by atoms with Crippen molar-refractivity contribution in [3.8, 4) is 0 Å². The Kier molecular flexibility index (Phi) is 4.95. The Bertz CT molecular complexity index is 351. The van der Waals surface area contributed by atoms with E-state index in [2.05, 4.69) is 10.2 Å². The molecule has 0 spiro atoms. The third-order valence-corrected chi connectivity index (χ3v) is 2.24. The maximum atomic E-state index is 10.7. The molecule has 0 bridgehead atoms. The average molecular weight is 222 g/mol. The van der Waals surface area contributed by atoms with Gasteiger partial charge in [-0.1, -0.05) is 12.1 Å². The molecule has 0 fully saturated rings. The number of carbonyl (C=O) groups is 1. The van der Waals surface area contributed by atoms with Crippen molar-refractivity contribution in [3.05, 3.63) is 35.4 Å². The van der Waals surface area contributed by atoms with Crippen LogP contribution in [-0.2, 0) is 6.54 Å². The summed E-state index contributed by atoms with van der Waals surface area (Å²) in [6.45, 7) is 2.57. The lowest BCUT2D eigenvalue weighted by Gasteiger charge is -2.10. The fourth-order valence-corrected chi connectivity index (χ4v) is 1.35. The molecule has 4 heteroatoms. The maximum absolute atomic E-state index is 10.7. The first kappa shape index (κ1) is 12.7. The summed E-state index contributed by atoms with van der Waals surface area (Å²) in [5, 5.41) is 12.1. The van der Waals surface area contributed by atoms with Crippen LogP contribution in [0.3, 0.4) is 0 Å². The normalized spacial score (nSPS) is 10.7. The summed E-state index contributed by atoms with van der Waals surface area (Å²) in [5.41, 5.74) is 1.34. The van der Waals surface area contributed by atoms with Crippen LogP contribution in [0.4, 0.5) is 0 Å². The van der Waals surface area contributed by atoms with Gasteiger partial charge in [0.2, 0.25) is 0 Å². The number of aromatic carboxylic acids is 1. The number of carboxylic acid groups (broad SMARTS) is 1. The molecule has 0 saturated carbocycles. The summed E-state index contributed by atoms with van der Waals surface area (Å²) >= 11 is 0. The van der Waals surface area contributed by atoms with Gasteiger partial charge in [0.25, 0.3) is 0 Å². The van der Waals surface area contributed by atoms with Crippen LogP contribution >= 0.6 is 0 Å². The van der Waals surface area contributed by atoms with E-state index in [0.29, 0.717) is 12.1 Å². The lowest BCUT2D eigenvalue weighted by atomic mass is 10.1. The molecule has 88 valence electrons. The second-order valence-corrected chi connectivity index (χ2v) is 3.99. The van der Waals surface area contributed by atoms with E-state index in [0.717, 1.165) is 18.7 Å². The van der Waals surface area contributed by atoms with Crippen LogP contribution in [0.25, 0.3) is 0 Å². The fraction of sp³-hybridized carbons (Fsp3) is 0.417. The number of likely N-dealkylation sites (N-methyl/N-ethyl adjacent to an activating group) is 1. The topological polar surface area (TPSA) is 52.6 Å². The number of benzene rings is 1. The molecule has 0 radical (unpaired) electrons. The Labute approximate surface area is 95.9 Å². The van der Waals surface area contributed by atoms with Crippen LogP contribution in [0, 0.1) is 0 Å². The monoisotopic (exact) mass is 222 g/mol. The first-order chi connectivity index (χ1) is 7.59. The van der Waals surface area contributed by atoms with Gasteiger partial charge < -0.3 is 15.3 Å². The number of carboxylic acids is 1. The summed E-state index contributed by atoms with van der Waals surface area (Å²) in [6.07, 6.45) is 0. The molecule has 0 aromatic heterocycles. The number of rotatable bonds is 6. The minimum absolute atomic E-state index is 0.340. The summed E-state index contributed by atoms with van der Waals surface area (Å²) in [5.74, 6) is -0.879. The van der Waals surface area contributed by atoms with Crippen molar-refractivity contribution in [2.24, 2.45) is 0 Å². The molecule has 0 aliphatic heterocycles. The van der Waals surface area contributed by atoms with Gasteiger partial charge in [-0.25, -0.2) is 4.79 Å². The quantitative estimate of drug-likeness (QED) is 0.706. The van der Waals surface area contributed by atoms with E-state index in [1.807, 2.05) is 20.2 Å². The van der Waals surface area contributed by atoms with Crippen LogP contribution in [-0.4, -0.2) is 43.2 Å². The fourth-order valence-electron chi connectivity index (χ4n) is 1.35. The molecule has 16 heavy (non-hydrogen) atoms. The Balaban J connectivity index is 2.42. The van der Waals surface area contributed by atoms with Crippen molar-refractivity contribution in [2.45, 2.75) is 6.54 Å². The van der Waals surface area contributed by atoms with Crippen LogP contribution < -0.4 is 5.32 Å². The third-order valence-electron chi connectivity index (χ3n) is 2.24. The van der Waals surface area contributed by atoms with Crippen LogP contribution in [0.15, 0.2) is 24.3 Å². The zero-order valence-electron chi connectivity index (χ0n) is 9.73. The van der Waals surface area contributed by atoms with E-state index >= 15 is 0 Å². The molecule has 0 aliphatic rings. The van der Waals surface area contributed by atoms with Crippen molar-refractivity contribution in [1.82, 2.24) is 10.2 Å². The summed E-state index contributed by atoms with van der Waals surface area (Å²) in [7, 11) is 4.04. The number of nitrogens with zero attached hydrogens (tertiary/aromatic N) is 1. The highest BCUT2D eigenvalue weighted by molar-refractivity contribution is 5.87. The Morgan fingerprint density at radius 2 is 2.19 bits per heavy atom. The first-order valence-electron chi connectivity index (χ1n) is 5.27. The van der Waals surface area contributed by atoms with E-state index in [1.165, 1.54) is 0 Å². The minimum Gasteiger partial charge on any atom is -0.478 e. The Hall–Kier alpha value is -1.39. The highest BCUT2D eigenvalue weighted by atomic mass is 16.4. The van der Waals surface area contributed by atoms with Crippen molar-refractivity contribution in [1.29, 1.82) is 0 Å². The SMILES string of the molecule is CN(C)CCNCc1cccc(C(=O)O)c1. The van der Waals surface area contributed by atoms with Crippen molar-refractivity contribution in [3.63, 3.8) is 0 Å². The molecule has 1 rings (SSSR count). The van der Waals surface area contributed by atoms with Crippen LogP contribution in [0.1, 0.15) is 15.9 Å². The van der Waals surface area contributed by atoms with Crippen molar-refractivity contribution in [2.75, 3.05) is 27.2 Å². The highest BCUT2D eigenvalue weighted by Gasteiger charge is 2.02. The third kappa shape index (κ3) is 4.42. The molecule has 0 saturated heterocycles. The van der Waals surface area contributed by atoms with Gasteiger partial charge in [-0.05, 0) is 31.8 Å². The lowest BCUT2D eigenvalue weighted by molar-refractivity contribution is 0.0697. The van der Waals surface area contributed by atoms with Gasteiger partial charge in [0.1, 0.15) is 0 Å². The molecule has 4 nitrogen and oxygen atoms in total. The zero-order chi connectivity index (χ0) is 12.0. The average Bonchev–Trinajstić information content (AvgIpc) is 2.24. The lowest BCUT2D eigenvalue weighted by Crippen LogP contribution is -2.26. The van der Waals surface area contributed by atoms with Gasteiger partial charge in [-0.2, -0.15) is 0 Å². The van der Waals surface area contributed by atoms with Gasteiger partial charge in [-0.15, -0.1) is 0 Å². The van der Waals surface area contributed by atoms with E-state index in [4.69, 9.17) is 5.11 Å². The van der Waals surface area contributed by atoms with Gasteiger partial charge in [-0.3, -0.25) is 0 Å². The largest absolute Gasteiger partial charge is 0.478 e. The number of hydrogen-bond donors (Lipinski definition) is 2. The molecule has 1 aromatic rings. The zero-order valence-corrected chi connectivity index (χ0v) is 9.73. The van der Waals surface area contributed by atoms with E-state index in [1.54, 1.807) is 18.2 Å². The molecule has 1 aromatic carbocycles. The molecule has 0 atom stereocenters. The first-order valence-corrected chi connectivity index (χ1v) is 5.27. The maximum Gasteiger partial charge on any atom is 0.335 e. The molecular formula is C12H18N2O2. The number of hydrogen-bond acceptors (Lipinski definition) is 3. The van der Waals surface area contributed by atoms with Gasteiger partial charge >= 0.3 is 5.97 Å². The molecule has 0 aliphatic carbocycles. The van der Waals surface area contributed by atoms with Crippen LogP contribution in [0.5, 0.6) is 0 Å². The predicted octanol–water partition coefficient (Wildman–Crippen LogP) is 1.04. The molecular weight excluding hydrogens is 204 g/mol. The molecule has 0 heterocycles. The molecule has 0 unspecified atom stereocenters. The second kappa shape index (κ2) is 6.25. The second-order valence-electron chi connectivity index (χ2n) is 3.99. The van der Waals surface area contributed by atoms with Gasteiger partial charge in [0, 0.05) is 19.6 Å². The highest BCUT2D eigenvalue weighted by Crippen LogP contribution is 2.04. The predicted molar refractivity (Wildman–Crippen MR) is 63.7 cm³/mol.